The summed E-state index contributed by atoms with van der Waals surface area (Å²) in [5.74, 6) is -1.94. The van der Waals surface area contributed by atoms with Gasteiger partial charge in [-0.15, -0.1) is 0 Å². The number of alkyl halides is 3. The first kappa shape index (κ1) is 22.7. The lowest BCUT2D eigenvalue weighted by molar-refractivity contribution is -0.192. The molecule has 2 aromatic heterocycles. The van der Waals surface area contributed by atoms with Crippen LogP contribution in [0.5, 0.6) is 0 Å². The number of rotatable bonds is 5. The number of carboxylic acids is 1. The van der Waals surface area contributed by atoms with Gasteiger partial charge in [0.1, 0.15) is 5.69 Å². The van der Waals surface area contributed by atoms with Crippen LogP contribution in [0, 0.1) is 5.92 Å². The van der Waals surface area contributed by atoms with Gasteiger partial charge in [-0.25, -0.2) is 14.8 Å². The number of methoxy groups -OCH3 is 1. The molecule has 4 rings (SSSR count). The van der Waals surface area contributed by atoms with Gasteiger partial charge >= 0.3 is 12.1 Å². The van der Waals surface area contributed by atoms with Crippen molar-refractivity contribution in [3.8, 4) is 0 Å². The fourth-order valence-corrected chi connectivity index (χ4v) is 3.41. The van der Waals surface area contributed by atoms with Crippen LogP contribution in [0.3, 0.4) is 0 Å². The highest BCUT2D eigenvalue weighted by Gasteiger charge is 2.38. The van der Waals surface area contributed by atoms with Crippen molar-refractivity contribution in [2.24, 2.45) is 5.92 Å². The third-order valence-electron chi connectivity index (χ3n) is 4.96. The van der Waals surface area contributed by atoms with Crippen LogP contribution >= 0.6 is 0 Å². The van der Waals surface area contributed by atoms with Crippen LogP contribution < -0.4 is 0 Å². The SMILES string of the molecule is COCC1CN(C(=O)c2cnccn2)Cc2ncn(CC3CC3)c21.O=C(O)C(F)(F)F. The molecule has 12 heteroatoms. The normalized spacial score (nSPS) is 18.1. The van der Waals surface area contributed by atoms with Crippen LogP contribution in [0.15, 0.2) is 24.9 Å². The minimum atomic E-state index is -5.08. The molecule has 1 fully saturated rings. The lowest BCUT2D eigenvalue weighted by atomic mass is 9.98. The molecule has 0 aromatic carbocycles. The largest absolute Gasteiger partial charge is 0.490 e. The molecule has 1 aliphatic carbocycles. The second-order valence-electron chi connectivity index (χ2n) is 7.40. The van der Waals surface area contributed by atoms with Crippen LogP contribution in [-0.4, -0.2) is 67.8 Å². The summed E-state index contributed by atoms with van der Waals surface area (Å²) in [5, 5.41) is 7.12. The van der Waals surface area contributed by atoms with Gasteiger partial charge in [0.25, 0.3) is 5.91 Å². The Bertz CT molecular complexity index is 915. The average molecular weight is 441 g/mol. The molecule has 2 aliphatic rings. The van der Waals surface area contributed by atoms with Crippen LogP contribution in [0.2, 0.25) is 0 Å². The smallest absolute Gasteiger partial charge is 0.475 e. The number of carboxylic acid groups (broad SMARTS) is 1. The average Bonchev–Trinajstić information content (AvgIpc) is 3.46. The number of nitrogens with zero attached hydrogens (tertiary/aromatic N) is 5. The number of carbonyl (C=O) groups is 2. The monoisotopic (exact) mass is 441 g/mol. The standard InChI is InChI=1S/C17H21N5O2.C2HF3O2/c1-24-10-13-8-21(17(23)14-6-18-4-5-19-14)9-15-16(13)22(11-20-15)7-12-2-3-12;3-2(4,5)1(6)7/h4-6,11-13H,2-3,7-10H2,1H3;(H,6,7). The molecule has 9 nitrogen and oxygen atoms in total. The second kappa shape index (κ2) is 9.41. The summed E-state index contributed by atoms with van der Waals surface area (Å²) in [6.45, 7) is 2.74. The zero-order chi connectivity index (χ0) is 22.6. The fourth-order valence-electron chi connectivity index (χ4n) is 3.41. The van der Waals surface area contributed by atoms with E-state index in [4.69, 9.17) is 14.6 Å². The Morgan fingerprint density at radius 1 is 1.26 bits per heavy atom. The van der Waals surface area contributed by atoms with Gasteiger partial charge < -0.3 is 19.3 Å². The molecule has 1 amide bonds. The van der Waals surface area contributed by atoms with Crippen molar-refractivity contribution < 1.29 is 32.6 Å². The second-order valence-corrected chi connectivity index (χ2v) is 7.40. The number of hydrogen-bond donors (Lipinski definition) is 1. The summed E-state index contributed by atoms with van der Waals surface area (Å²) in [6, 6.07) is 0. The quantitative estimate of drug-likeness (QED) is 0.757. The summed E-state index contributed by atoms with van der Waals surface area (Å²) in [6.07, 6.45) is 4.06. The maximum atomic E-state index is 12.7. The van der Waals surface area contributed by atoms with E-state index in [-0.39, 0.29) is 11.8 Å². The first-order valence-electron chi connectivity index (χ1n) is 9.59. The van der Waals surface area contributed by atoms with Crippen molar-refractivity contribution >= 4 is 11.9 Å². The van der Waals surface area contributed by atoms with Gasteiger partial charge in [0.2, 0.25) is 0 Å². The number of fused-ring (bicyclic) bond motifs is 1. The summed E-state index contributed by atoms with van der Waals surface area (Å²) in [7, 11) is 1.70. The van der Waals surface area contributed by atoms with E-state index in [1.807, 2.05) is 6.33 Å². The molecule has 1 unspecified atom stereocenters. The highest BCUT2D eigenvalue weighted by Crippen LogP contribution is 2.34. The van der Waals surface area contributed by atoms with Gasteiger partial charge in [0, 0.05) is 44.2 Å². The molecule has 3 heterocycles. The van der Waals surface area contributed by atoms with Crippen molar-refractivity contribution in [1.82, 2.24) is 24.4 Å². The Kier molecular flexibility index (Phi) is 6.88. The molecule has 0 spiro atoms. The molecule has 31 heavy (non-hydrogen) atoms. The molecule has 0 radical (unpaired) electrons. The van der Waals surface area contributed by atoms with Crippen LogP contribution in [0.1, 0.15) is 40.6 Å². The number of ether oxygens (including phenoxy) is 1. The number of carbonyl (C=O) groups excluding carboxylic acids is 1. The van der Waals surface area contributed by atoms with Gasteiger partial charge in [-0.3, -0.25) is 9.78 Å². The summed E-state index contributed by atoms with van der Waals surface area (Å²) >= 11 is 0. The maximum absolute atomic E-state index is 12.7. The van der Waals surface area contributed by atoms with Crippen molar-refractivity contribution in [2.75, 3.05) is 20.3 Å². The van der Waals surface area contributed by atoms with E-state index in [2.05, 4.69) is 19.5 Å². The summed E-state index contributed by atoms with van der Waals surface area (Å²) < 4.78 is 39.4. The third-order valence-corrected chi connectivity index (χ3v) is 4.96. The molecule has 0 bridgehead atoms. The number of aromatic nitrogens is 4. The topological polar surface area (TPSA) is 110 Å². The lowest BCUT2D eigenvalue weighted by Crippen LogP contribution is -2.40. The van der Waals surface area contributed by atoms with E-state index in [0.717, 1.165) is 18.2 Å². The number of aliphatic carboxylic acids is 1. The third kappa shape index (κ3) is 5.78. The van der Waals surface area contributed by atoms with Crippen molar-refractivity contribution in [3.05, 3.63) is 42.0 Å². The van der Waals surface area contributed by atoms with Gasteiger partial charge in [-0.1, -0.05) is 0 Å². The van der Waals surface area contributed by atoms with Crippen molar-refractivity contribution in [3.63, 3.8) is 0 Å². The number of hydrogen-bond acceptors (Lipinski definition) is 6. The van der Waals surface area contributed by atoms with Gasteiger partial charge in [0.15, 0.2) is 0 Å². The fraction of sp³-hybridized carbons (Fsp3) is 0.526. The van der Waals surface area contributed by atoms with E-state index < -0.39 is 12.1 Å². The van der Waals surface area contributed by atoms with Crippen molar-refractivity contribution in [2.45, 2.75) is 38.0 Å². The molecule has 1 atom stereocenters. The summed E-state index contributed by atoms with van der Waals surface area (Å²) in [4.78, 5) is 36.1. The van der Waals surface area contributed by atoms with E-state index in [1.165, 1.54) is 24.7 Å². The molecule has 1 saturated carbocycles. The van der Waals surface area contributed by atoms with Crippen LogP contribution in [-0.2, 0) is 22.6 Å². The van der Waals surface area contributed by atoms with E-state index in [9.17, 15) is 18.0 Å². The van der Waals surface area contributed by atoms with Gasteiger partial charge in [0.05, 0.1) is 31.4 Å². The predicted molar refractivity (Wildman–Crippen MR) is 100 cm³/mol. The molecule has 0 saturated heterocycles. The lowest BCUT2D eigenvalue weighted by Gasteiger charge is -2.32. The Morgan fingerprint density at radius 3 is 2.52 bits per heavy atom. The van der Waals surface area contributed by atoms with Crippen LogP contribution in [0.25, 0.3) is 0 Å². The highest BCUT2D eigenvalue weighted by molar-refractivity contribution is 5.92. The van der Waals surface area contributed by atoms with E-state index in [0.29, 0.717) is 25.4 Å². The van der Waals surface area contributed by atoms with Gasteiger partial charge in [-0.2, -0.15) is 13.2 Å². The Labute approximate surface area is 175 Å². The first-order chi connectivity index (χ1) is 14.7. The maximum Gasteiger partial charge on any atom is 0.490 e. The van der Waals surface area contributed by atoms with Crippen molar-refractivity contribution in [1.29, 1.82) is 0 Å². The Hall–Kier alpha value is -3.02. The number of imidazole rings is 1. The molecule has 1 N–H and O–H groups in total. The van der Waals surface area contributed by atoms with E-state index in [1.54, 1.807) is 24.4 Å². The zero-order valence-corrected chi connectivity index (χ0v) is 16.7. The van der Waals surface area contributed by atoms with Crippen LogP contribution in [0.4, 0.5) is 13.2 Å². The van der Waals surface area contributed by atoms with Gasteiger partial charge in [-0.05, 0) is 18.8 Å². The molecule has 1 aliphatic heterocycles. The molecule has 2 aromatic rings. The Morgan fingerprint density at radius 2 is 1.97 bits per heavy atom. The minimum absolute atomic E-state index is 0.105. The predicted octanol–water partition coefficient (Wildman–Crippen LogP) is 2.10. The summed E-state index contributed by atoms with van der Waals surface area (Å²) in [5.41, 5.74) is 2.57. The minimum Gasteiger partial charge on any atom is -0.475 e. The highest BCUT2D eigenvalue weighted by atomic mass is 19.4. The number of halogens is 3. The first-order valence-corrected chi connectivity index (χ1v) is 9.59. The molecule has 168 valence electrons. The van der Waals surface area contributed by atoms with E-state index >= 15 is 0 Å². The zero-order valence-electron chi connectivity index (χ0n) is 16.7. The molecular formula is C19H22F3N5O4. The number of amides is 1. The Balaban J connectivity index is 0.000000339. The molecular weight excluding hydrogens is 419 g/mol.